The van der Waals surface area contributed by atoms with Crippen molar-refractivity contribution in [1.82, 2.24) is 9.78 Å². The first-order chi connectivity index (χ1) is 4.36. The summed E-state index contributed by atoms with van der Waals surface area (Å²) in [7, 11) is 0. The highest BCUT2D eigenvalue weighted by Crippen LogP contribution is 1.92. The number of carbonyl (C=O) groups excluding carboxylic acids is 1. The summed E-state index contributed by atoms with van der Waals surface area (Å²) in [4.78, 5) is 10.0. The lowest BCUT2D eigenvalue weighted by Gasteiger charge is -1.86. The van der Waals surface area contributed by atoms with Crippen molar-refractivity contribution in [3.63, 3.8) is 0 Å². The van der Waals surface area contributed by atoms with Crippen molar-refractivity contribution in [2.24, 2.45) is 0 Å². The first-order valence-corrected chi connectivity index (χ1v) is 2.95. The Hall–Kier alpha value is -0.540. The number of halogens is 2. The van der Waals surface area contributed by atoms with E-state index in [1.54, 1.807) is 12.3 Å². The Bertz CT molecular complexity index is 211. The highest BCUT2D eigenvalue weighted by atomic mass is 35.5. The molecule has 10 heavy (non-hydrogen) atoms. The predicted octanol–water partition coefficient (Wildman–Crippen LogP) is 1.31. The van der Waals surface area contributed by atoms with Gasteiger partial charge in [0.2, 0.25) is 0 Å². The molecule has 0 saturated carbocycles. The van der Waals surface area contributed by atoms with Crippen LogP contribution in [0.15, 0.2) is 12.3 Å². The van der Waals surface area contributed by atoms with Gasteiger partial charge in [-0.3, -0.25) is 9.48 Å². The maximum atomic E-state index is 10.0. The quantitative estimate of drug-likeness (QED) is 0.509. The topological polar surface area (TPSA) is 34.9 Å². The molecule has 0 aromatic carbocycles. The fourth-order valence-electron chi connectivity index (χ4n) is 0.507. The molecule has 1 aromatic rings. The van der Waals surface area contributed by atoms with Gasteiger partial charge in [-0.15, -0.1) is 24.0 Å². The first-order valence-electron chi connectivity index (χ1n) is 2.41. The summed E-state index contributed by atoms with van der Waals surface area (Å²) in [5, 5.41) is 3.76. The van der Waals surface area contributed by atoms with Gasteiger partial charge in [0.15, 0.2) is 6.29 Å². The van der Waals surface area contributed by atoms with Crippen LogP contribution in [-0.2, 0) is 6.00 Å². The van der Waals surface area contributed by atoms with E-state index in [4.69, 9.17) is 11.6 Å². The van der Waals surface area contributed by atoms with E-state index in [-0.39, 0.29) is 18.4 Å². The van der Waals surface area contributed by atoms with Crippen LogP contribution < -0.4 is 0 Å². The van der Waals surface area contributed by atoms with E-state index in [1.807, 2.05) is 0 Å². The van der Waals surface area contributed by atoms with E-state index in [1.165, 1.54) is 4.68 Å². The average Bonchev–Trinajstić information content (AvgIpc) is 2.34. The summed E-state index contributed by atoms with van der Waals surface area (Å²) >= 11 is 5.38. The molecule has 0 fully saturated rings. The number of rotatable bonds is 2. The zero-order valence-electron chi connectivity index (χ0n) is 5.03. The van der Waals surface area contributed by atoms with Crippen LogP contribution in [0, 0.1) is 0 Å². The minimum atomic E-state index is 0. The molecule has 3 nitrogen and oxygen atoms in total. The Labute approximate surface area is 69.4 Å². The minimum absolute atomic E-state index is 0. The zero-order chi connectivity index (χ0) is 6.69. The smallest absolute Gasteiger partial charge is 0.170 e. The maximum Gasteiger partial charge on any atom is 0.170 e. The van der Waals surface area contributed by atoms with E-state index in [0.717, 1.165) is 0 Å². The standard InChI is InChI=1S/C5H5ClN2O.ClH/c6-4-8-2-1-5(3-9)7-8;/h1-3H,4H2;1H. The minimum Gasteiger partial charge on any atom is -0.296 e. The van der Waals surface area contributed by atoms with Crippen molar-refractivity contribution >= 4 is 30.3 Å². The lowest BCUT2D eigenvalue weighted by atomic mass is 10.5. The van der Waals surface area contributed by atoms with Gasteiger partial charge in [0, 0.05) is 6.20 Å². The van der Waals surface area contributed by atoms with Crippen molar-refractivity contribution < 1.29 is 4.79 Å². The molecule has 1 rings (SSSR count). The molecule has 0 aliphatic heterocycles. The lowest BCUT2D eigenvalue weighted by molar-refractivity contribution is 0.111. The van der Waals surface area contributed by atoms with Crippen LogP contribution in [0.3, 0.4) is 0 Å². The highest BCUT2D eigenvalue weighted by Gasteiger charge is 1.92. The Morgan fingerprint density at radius 1 is 1.80 bits per heavy atom. The maximum absolute atomic E-state index is 10.0. The van der Waals surface area contributed by atoms with Crippen molar-refractivity contribution in [2.45, 2.75) is 6.00 Å². The van der Waals surface area contributed by atoms with Crippen LogP contribution in [0.5, 0.6) is 0 Å². The van der Waals surface area contributed by atoms with E-state index < -0.39 is 0 Å². The number of hydrogen-bond donors (Lipinski definition) is 0. The Balaban J connectivity index is 0.000000810. The summed E-state index contributed by atoms with van der Waals surface area (Å²) in [5.41, 5.74) is 0.413. The van der Waals surface area contributed by atoms with E-state index in [2.05, 4.69) is 5.10 Å². The summed E-state index contributed by atoms with van der Waals surface area (Å²) < 4.78 is 1.48. The molecular weight excluding hydrogens is 175 g/mol. The van der Waals surface area contributed by atoms with Crippen LogP contribution in [-0.4, -0.2) is 16.1 Å². The Morgan fingerprint density at radius 3 is 2.80 bits per heavy atom. The summed E-state index contributed by atoms with van der Waals surface area (Å²) in [6.45, 7) is 0. The molecule has 1 aromatic heterocycles. The molecule has 56 valence electrons. The van der Waals surface area contributed by atoms with Gasteiger partial charge in [0.25, 0.3) is 0 Å². The van der Waals surface area contributed by atoms with E-state index >= 15 is 0 Å². The third-order valence-electron chi connectivity index (χ3n) is 0.904. The molecule has 0 atom stereocenters. The number of alkyl halides is 1. The summed E-state index contributed by atoms with van der Waals surface area (Å²) in [6.07, 6.45) is 2.33. The second kappa shape index (κ2) is 4.30. The van der Waals surface area contributed by atoms with Gasteiger partial charge in [-0.05, 0) is 6.07 Å². The molecule has 0 aliphatic rings. The SMILES string of the molecule is Cl.O=Cc1ccn(CCl)n1. The third-order valence-corrected chi connectivity index (χ3v) is 1.15. The lowest BCUT2D eigenvalue weighted by Crippen LogP contribution is -1.92. The number of nitrogens with zero attached hydrogens (tertiary/aromatic N) is 2. The van der Waals surface area contributed by atoms with Gasteiger partial charge in [-0.1, -0.05) is 0 Å². The molecule has 0 unspecified atom stereocenters. The zero-order valence-corrected chi connectivity index (χ0v) is 6.60. The number of aldehydes is 1. The van der Waals surface area contributed by atoms with Crippen LogP contribution in [0.2, 0.25) is 0 Å². The molecule has 5 heteroatoms. The van der Waals surface area contributed by atoms with Crippen molar-refractivity contribution in [3.05, 3.63) is 18.0 Å². The van der Waals surface area contributed by atoms with Crippen LogP contribution in [0.25, 0.3) is 0 Å². The highest BCUT2D eigenvalue weighted by molar-refractivity contribution is 6.15. The van der Waals surface area contributed by atoms with E-state index in [0.29, 0.717) is 12.0 Å². The second-order valence-corrected chi connectivity index (χ2v) is 1.76. The average molecular weight is 181 g/mol. The van der Waals surface area contributed by atoms with Gasteiger partial charge in [-0.25, -0.2) is 0 Å². The van der Waals surface area contributed by atoms with Crippen molar-refractivity contribution in [3.8, 4) is 0 Å². The molecule has 0 bridgehead atoms. The first kappa shape index (κ1) is 9.46. The molecular formula is C5H6Cl2N2O. The van der Waals surface area contributed by atoms with Gasteiger partial charge in [-0.2, -0.15) is 5.10 Å². The van der Waals surface area contributed by atoms with Gasteiger partial charge in [0.05, 0.1) is 0 Å². The van der Waals surface area contributed by atoms with Crippen molar-refractivity contribution in [2.75, 3.05) is 0 Å². The Morgan fingerprint density at radius 2 is 2.50 bits per heavy atom. The summed E-state index contributed by atoms with van der Waals surface area (Å²) in [5.74, 6) is 0. The van der Waals surface area contributed by atoms with Crippen molar-refractivity contribution in [1.29, 1.82) is 0 Å². The number of hydrogen-bond acceptors (Lipinski definition) is 2. The molecule has 0 aliphatic carbocycles. The second-order valence-electron chi connectivity index (χ2n) is 1.52. The number of aromatic nitrogens is 2. The normalized spacial score (nSPS) is 8.50. The molecule has 0 saturated heterocycles. The molecule has 0 amide bonds. The monoisotopic (exact) mass is 180 g/mol. The molecule has 0 N–H and O–H groups in total. The fourth-order valence-corrected chi connectivity index (χ4v) is 0.640. The fraction of sp³-hybridized carbons (Fsp3) is 0.200. The predicted molar refractivity (Wildman–Crippen MR) is 40.7 cm³/mol. The largest absolute Gasteiger partial charge is 0.296 e. The van der Waals surface area contributed by atoms with Gasteiger partial charge in [0.1, 0.15) is 11.7 Å². The Kier molecular flexibility index (Phi) is 4.07. The molecule has 1 heterocycles. The summed E-state index contributed by atoms with van der Waals surface area (Å²) in [6, 6.07) is 1.89. The molecule has 0 spiro atoms. The van der Waals surface area contributed by atoms with Gasteiger partial charge >= 0.3 is 0 Å². The van der Waals surface area contributed by atoms with Gasteiger partial charge < -0.3 is 0 Å². The van der Waals surface area contributed by atoms with Crippen LogP contribution >= 0.6 is 24.0 Å². The molecule has 0 radical (unpaired) electrons. The van der Waals surface area contributed by atoms with Crippen LogP contribution in [0.4, 0.5) is 0 Å². The number of carbonyl (C=O) groups is 1. The third kappa shape index (κ3) is 2.01. The van der Waals surface area contributed by atoms with Crippen LogP contribution in [0.1, 0.15) is 10.5 Å². The van der Waals surface area contributed by atoms with E-state index in [9.17, 15) is 4.79 Å².